The van der Waals surface area contributed by atoms with Crippen LogP contribution in [0.15, 0.2) is 67.0 Å². The number of rotatable bonds is 4. The van der Waals surface area contributed by atoms with Crippen molar-refractivity contribution in [3.8, 4) is 11.1 Å². The predicted molar refractivity (Wildman–Crippen MR) is 83.5 cm³/mol. The summed E-state index contributed by atoms with van der Waals surface area (Å²) in [5, 5.41) is 14.6. The normalized spacial score (nSPS) is 12.2. The second-order valence-electron chi connectivity index (χ2n) is 5.00. The molecule has 4 heteroatoms. The maximum absolute atomic E-state index is 10.2. The molecule has 0 amide bonds. The third kappa shape index (κ3) is 3.12. The molecule has 21 heavy (non-hydrogen) atoms. The van der Waals surface area contributed by atoms with E-state index in [1.165, 1.54) is 0 Å². The summed E-state index contributed by atoms with van der Waals surface area (Å²) in [5.41, 5.74) is 9.33. The summed E-state index contributed by atoms with van der Waals surface area (Å²) in [4.78, 5) is 0. The van der Waals surface area contributed by atoms with Gasteiger partial charge in [0, 0.05) is 17.4 Å². The van der Waals surface area contributed by atoms with Crippen molar-refractivity contribution in [2.75, 3.05) is 5.73 Å². The van der Waals surface area contributed by atoms with Crippen LogP contribution in [0, 0.1) is 0 Å². The van der Waals surface area contributed by atoms with Gasteiger partial charge in [-0.25, -0.2) is 0 Å². The summed E-state index contributed by atoms with van der Waals surface area (Å²) in [6.45, 7) is 0.413. The Labute approximate surface area is 123 Å². The highest BCUT2D eigenvalue weighted by Crippen LogP contribution is 2.20. The molecule has 1 atom stereocenters. The number of hydrogen-bond acceptors (Lipinski definition) is 3. The van der Waals surface area contributed by atoms with E-state index in [4.69, 9.17) is 5.73 Å². The molecule has 2 aromatic carbocycles. The van der Waals surface area contributed by atoms with Gasteiger partial charge in [-0.15, -0.1) is 0 Å². The number of aliphatic hydroxyl groups excluding tert-OH is 1. The number of nitrogens with zero attached hydrogens (tertiary/aromatic N) is 2. The fraction of sp³-hybridized carbons (Fsp3) is 0.118. The van der Waals surface area contributed by atoms with Crippen molar-refractivity contribution in [3.05, 3.63) is 72.6 Å². The Morgan fingerprint density at radius 2 is 1.71 bits per heavy atom. The summed E-state index contributed by atoms with van der Waals surface area (Å²) in [7, 11) is 0. The van der Waals surface area contributed by atoms with Crippen LogP contribution in [0.3, 0.4) is 0 Å². The first-order valence-electron chi connectivity index (χ1n) is 6.84. The van der Waals surface area contributed by atoms with Crippen LogP contribution in [-0.4, -0.2) is 14.9 Å². The van der Waals surface area contributed by atoms with Crippen molar-refractivity contribution in [2.24, 2.45) is 0 Å². The Bertz CT molecular complexity index is 704. The molecule has 3 aromatic rings. The summed E-state index contributed by atoms with van der Waals surface area (Å²) in [5.74, 6) is 0. The lowest BCUT2D eigenvalue weighted by atomic mass is 10.1. The molecule has 0 aliphatic carbocycles. The van der Waals surface area contributed by atoms with Crippen LogP contribution in [0.4, 0.5) is 5.69 Å². The zero-order chi connectivity index (χ0) is 14.7. The number of nitrogens with two attached hydrogens (primary N) is 1. The van der Waals surface area contributed by atoms with Gasteiger partial charge in [0.1, 0.15) is 0 Å². The van der Waals surface area contributed by atoms with E-state index in [-0.39, 0.29) is 0 Å². The van der Waals surface area contributed by atoms with E-state index in [0.717, 1.165) is 16.7 Å². The molecule has 0 aliphatic heterocycles. The van der Waals surface area contributed by atoms with Gasteiger partial charge in [0.15, 0.2) is 0 Å². The number of benzene rings is 2. The molecule has 0 saturated heterocycles. The van der Waals surface area contributed by atoms with Crippen LogP contribution in [0.1, 0.15) is 11.7 Å². The average molecular weight is 279 g/mol. The molecule has 0 radical (unpaired) electrons. The second-order valence-corrected chi connectivity index (χ2v) is 5.00. The Hall–Kier alpha value is -2.59. The van der Waals surface area contributed by atoms with Crippen LogP contribution in [-0.2, 0) is 6.54 Å². The lowest BCUT2D eigenvalue weighted by Crippen LogP contribution is -2.09. The lowest BCUT2D eigenvalue weighted by Gasteiger charge is -2.11. The maximum Gasteiger partial charge on any atom is 0.0985 e. The highest BCUT2D eigenvalue weighted by atomic mass is 16.3. The summed E-state index contributed by atoms with van der Waals surface area (Å²) in [6, 6.07) is 17.3. The first-order chi connectivity index (χ1) is 10.2. The first kappa shape index (κ1) is 13.4. The van der Waals surface area contributed by atoms with Crippen LogP contribution >= 0.6 is 0 Å². The Kier molecular flexibility index (Phi) is 3.71. The Morgan fingerprint density at radius 3 is 2.43 bits per heavy atom. The molecule has 106 valence electrons. The topological polar surface area (TPSA) is 64.1 Å². The Balaban J connectivity index is 1.74. The minimum absolute atomic E-state index is 0.413. The van der Waals surface area contributed by atoms with Crippen molar-refractivity contribution < 1.29 is 5.11 Å². The van der Waals surface area contributed by atoms with Crippen molar-refractivity contribution in [2.45, 2.75) is 12.6 Å². The number of hydrogen-bond donors (Lipinski definition) is 2. The molecular weight excluding hydrogens is 262 g/mol. The molecule has 0 spiro atoms. The van der Waals surface area contributed by atoms with Gasteiger partial charge in [0.05, 0.1) is 18.8 Å². The molecule has 1 unspecified atom stereocenters. The fourth-order valence-corrected chi connectivity index (χ4v) is 2.24. The predicted octanol–water partition coefficient (Wildman–Crippen LogP) is 2.87. The average Bonchev–Trinajstić information content (AvgIpc) is 2.97. The van der Waals surface area contributed by atoms with E-state index in [1.54, 1.807) is 16.8 Å². The molecule has 0 fully saturated rings. The lowest BCUT2D eigenvalue weighted by molar-refractivity contribution is 0.151. The van der Waals surface area contributed by atoms with Crippen LogP contribution < -0.4 is 5.73 Å². The summed E-state index contributed by atoms with van der Waals surface area (Å²) in [6.07, 6.45) is 3.15. The highest BCUT2D eigenvalue weighted by molar-refractivity contribution is 5.61. The zero-order valence-corrected chi connectivity index (χ0v) is 11.6. The molecule has 3 rings (SSSR count). The summed E-state index contributed by atoms with van der Waals surface area (Å²) >= 11 is 0. The standard InChI is InChI=1S/C17H17N3O/c18-16-8-6-14(7-9-16)17(21)12-20-11-15(10-19-20)13-4-2-1-3-5-13/h1-11,17,21H,12,18H2. The summed E-state index contributed by atoms with van der Waals surface area (Å²) < 4.78 is 1.75. The number of nitrogen functional groups attached to an aromatic ring is 1. The van der Waals surface area contributed by atoms with E-state index in [2.05, 4.69) is 5.10 Å². The van der Waals surface area contributed by atoms with E-state index < -0.39 is 6.10 Å². The quantitative estimate of drug-likeness (QED) is 0.722. The van der Waals surface area contributed by atoms with Crippen molar-refractivity contribution in [1.29, 1.82) is 0 Å². The van der Waals surface area contributed by atoms with Gasteiger partial charge < -0.3 is 10.8 Å². The van der Waals surface area contributed by atoms with Gasteiger partial charge in [-0.2, -0.15) is 5.10 Å². The SMILES string of the molecule is Nc1ccc(C(O)Cn2cc(-c3ccccc3)cn2)cc1. The van der Waals surface area contributed by atoms with E-state index in [1.807, 2.05) is 54.9 Å². The van der Waals surface area contributed by atoms with Gasteiger partial charge in [-0.1, -0.05) is 42.5 Å². The fourth-order valence-electron chi connectivity index (χ4n) is 2.24. The van der Waals surface area contributed by atoms with Crippen molar-refractivity contribution in [3.63, 3.8) is 0 Å². The van der Waals surface area contributed by atoms with Crippen LogP contribution in [0.2, 0.25) is 0 Å². The number of aromatic nitrogens is 2. The molecule has 1 heterocycles. The third-order valence-electron chi connectivity index (χ3n) is 3.42. The molecule has 0 bridgehead atoms. The van der Waals surface area contributed by atoms with Gasteiger partial charge in [-0.05, 0) is 23.3 Å². The number of anilines is 1. The van der Waals surface area contributed by atoms with Gasteiger partial charge in [0.25, 0.3) is 0 Å². The second kappa shape index (κ2) is 5.81. The maximum atomic E-state index is 10.2. The van der Waals surface area contributed by atoms with E-state index in [0.29, 0.717) is 12.2 Å². The zero-order valence-electron chi connectivity index (χ0n) is 11.6. The molecule has 0 aliphatic rings. The smallest absolute Gasteiger partial charge is 0.0985 e. The molecule has 0 saturated carbocycles. The molecular formula is C17H17N3O. The monoisotopic (exact) mass is 279 g/mol. The van der Waals surface area contributed by atoms with E-state index >= 15 is 0 Å². The molecule has 1 aromatic heterocycles. The minimum atomic E-state index is -0.603. The van der Waals surface area contributed by atoms with Crippen molar-refractivity contribution in [1.82, 2.24) is 9.78 Å². The number of aliphatic hydroxyl groups is 1. The molecule has 3 N–H and O–H groups in total. The van der Waals surface area contributed by atoms with Crippen LogP contribution in [0.25, 0.3) is 11.1 Å². The minimum Gasteiger partial charge on any atom is -0.399 e. The van der Waals surface area contributed by atoms with Gasteiger partial charge in [-0.3, -0.25) is 4.68 Å². The highest BCUT2D eigenvalue weighted by Gasteiger charge is 2.09. The Morgan fingerprint density at radius 1 is 1.00 bits per heavy atom. The largest absolute Gasteiger partial charge is 0.399 e. The third-order valence-corrected chi connectivity index (χ3v) is 3.42. The first-order valence-corrected chi connectivity index (χ1v) is 6.84. The van der Waals surface area contributed by atoms with E-state index in [9.17, 15) is 5.11 Å². The van der Waals surface area contributed by atoms with Crippen molar-refractivity contribution >= 4 is 5.69 Å². The molecule has 4 nitrogen and oxygen atoms in total. The van der Waals surface area contributed by atoms with Gasteiger partial charge >= 0.3 is 0 Å². The van der Waals surface area contributed by atoms with Gasteiger partial charge in [0.2, 0.25) is 0 Å². The van der Waals surface area contributed by atoms with Crippen LogP contribution in [0.5, 0.6) is 0 Å².